The highest BCUT2D eigenvalue weighted by Gasteiger charge is 2.22. The molecule has 1 amide bonds. The third kappa shape index (κ3) is 1.85. The highest BCUT2D eigenvalue weighted by atomic mass is 16.8. The molecule has 0 bridgehead atoms. The Balaban J connectivity index is 2.85. The summed E-state index contributed by atoms with van der Waals surface area (Å²) in [6, 6.07) is 0. The van der Waals surface area contributed by atoms with Crippen LogP contribution in [0.2, 0.25) is 0 Å². The SMILES string of the molecule is CNC(=O)Oc1c(CO)no[n+]1[O-]. The van der Waals surface area contributed by atoms with Gasteiger partial charge in [0.1, 0.15) is 6.61 Å². The fourth-order valence-corrected chi connectivity index (χ4v) is 0.599. The third-order valence-corrected chi connectivity index (χ3v) is 1.18. The van der Waals surface area contributed by atoms with Crippen molar-refractivity contribution >= 4 is 6.09 Å². The maximum atomic E-state index is 10.7. The van der Waals surface area contributed by atoms with Gasteiger partial charge in [0.25, 0.3) is 5.69 Å². The van der Waals surface area contributed by atoms with Crippen LogP contribution >= 0.6 is 0 Å². The number of ether oxygens (including phenoxy) is 1. The van der Waals surface area contributed by atoms with Gasteiger partial charge in [0.2, 0.25) is 0 Å². The van der Waals surface area contributed by atoms with Crippen LogP contribution < -0.4 is 15.0 Å². The van der Waals surface area contributed by atoms with Crippen molar-refractivity contribution < 1.29 is 24.2 Å². The lowest BCUT2D eigenvalue weighted by atomic mass is 10.5. The molecule has 0 unspecified atom stereocenters. The Morgan fingerprint density at radius 2 is 2.62 bits per heavy atom. The van der Waals surface area contributed by atoms with E-state index in [2.05, 4.69) is 19.8 Å². The van der Waals surface area contributed by atoms with Crippen LogP contribution in [-0.2, 0) is 6.61 Å². The minimum atomic E-state index is -0.845. The number of aromatic nitrogens is 2. The van der Waals surface area contributed by atoms with Crippen molar-refractivity contribution in [1.29, 1.82) is 0 Å². The van der Waals surface area contributed by atoms with Gasteiger partial charge in [-0.15, -0.1) is 0 Å². The minimum Gasteiger partial charge on any atom is -0.387 e. The number of hydrogen-bond donors (Lipinski definition) is 2. The van der Waals surface area contributed by atoms with Gasteiger partial charge in [-0.1, -0.05) is 0 Å². The second kappa shape index (κ2) is 3.72. The van der Waals surface area contributed by atoms with Crippen LogP contribution in [0.4, 0.5) is 4.79 Å². The Kier molecular flexibility index (Phi) is 2.65. The van der Waals surface area contributed by atoms with Crippen molar-refractivity contribution in [1.82, 2.24) is 10.5 Å². The molecule has 0 saturated carbocycles. The first kappa shape index (κ1) is 9.26. The summed E-state index contributed by atoms with van der Waals surface area (Å²) < 4.78 is 8.52. The quantitative estimate of drug-likeness (QED) is 0.548. The molecule has 0 aliphatic heterocycles. The third-order valence-electron chi connectivity index (χ3n) is 1.18. The maximum Gasteiger partial charge on any atom is 0.415 e. The van der Waals surface area contributed by atoms with Crippen LogP contribution in [0.5, 0.6) is 5.88 Å². The number of aliphatic hydroxyl groups excluding tert-OH is 1. The van der Waals surface area contributed by atoms with Gasteiger partial charge in [0.05, 0.1) is 0 Å². The molecule has 0 spiro atoms. The average Bonchev–Trinajstić information content (AvgIpc) is 2.48. The number of nitrogens with one attached hydrogen (secondary N) is 1. The van der Waals surface area contributed by atoms with Crippen LogP contribution in [0.15, 0.2) is 4.63 Å². The second-order valence-corrected chi connectivity index (χ2v) is 1.98. The van der Waals surface area contributed by atoms with Crippen LogP contribution in [0.3, 0.4) is 0 Å². The summed E-state index contributed by atoms with van der Waals surface area (Å²) in [5.74, 6) is -0.471. The normalized spacial score (nSPS) is 9.69. The van der Waals surface area contributed by atoms with Gasteiger partial charge in [-0.3, -0.25) is 4.63 Å². The van der Waals surface area contributed by atoms with E-state index >= 15 is 0 Å². The van der Waals surface area contributed by atoms with Gasteiger partial charge in [0.15, 0.2) is 0 Å². The summed E-state index contributed by atoms with van der Waals surface area (Å²) >= 11 is 0. The molecule has 1 aromatic rings. The van der Waals surface area contributed by atoms with Crippen molar-refractivity contribution in [2.24, 2.45) is 0 Å². The molecule has 1 rings (SSSR count). The standard InChI is InChI=1S/C5H7N3O5/c1-6-5(10)12-4-3(2-9)7-13-8(4)11/h9H,2H2,1H3,(H,6,10). The zero-order valence-corrected chi connectivity index (χ0v) is 6.68. The van der Waals surface area contributed by atoms with Gasteiger partial charge >= 0.3 is 12.0 Å². The molecular weight excluding hydrogens is 182 g/mol. The highest BCUT2D eigenvalue weighted by molar-refractivity contribution is 5.69. The number of rotatable bonds is 2. The van der Waals surface area contributed by atoms with E-state index in [4.69, 9.17) is 5.11 Å². The Bertz CT molecular complexity index is 309. The number of carbonyl (C=O) groups excluding carboxylic acids is 1. The summed E-state index contributed by atoms with van der Waals surface area (Å²) in [4.78, 5) is 10.6. The molecule has 13 heavy (non-hydrogen) atoms. The molecule has 0 aliphatic rings. The van der Waals surface area contributed by atoms with Crippen LogP contribution in [-0.4, -0.2) is 23.4 Å². The fourth-order valence-electron chi connectivity index (χ4n) is 0.599. The van der Waals surface area contributed by atoms with E-state index in [0.717, 1.165) is 0 Å². The number of nitrogens with zero attached hydrogens (tertiary/aromatic N) is 2. The molecule has 1 heterocycles. The highest BCUT2D eigenvalue weighted by Crippen LogP contribution is 2.09. The molecule has 8 heteroatoms. The van der Waals surface area contributed by atoms with Crippen LogP contribution in [0.1, 0.15) is 5.69 Å². The number of aliphatic hydroxyl groups is 1. The molecule has 0 saturated heterocycles. The number of carbonyl (C=O) groups is 1. The first-order chi connectivity index (χ1) is 6.19. The molecule has 8 nitrogen and oxygen atoms in total. The van der Waals surface area contributed by atoms with Crippen molar-refractivity contribution in [3.8, 4) is 5.88 Å². The zero-order valence-electron chi connectivity index (χ0n) is 6.68. The molecule has 0 aromatic carbocycles. The van der Waals surface area contributed by atoms with E-state index in [1.807, 2.05) is 0 Å². The van der Waals surface area contributed by atoms with Gasteiger partial charge in [-0.25, -0.2) is 4.79 Å². The maximum absolute atomic E-state index is 10.7. The molecule has 0 aliphatic carbocycles. The summed E-state index contributed by atoms with van der Waals surface area (Å²) in [6.07, 6.45) is -0.845. The van der Waals surface area contributed by atoms with E-state index in [9.17, 15) is 10.0 Å². The topological polar surface area (TPSA) is 112 Å². The van der Waals surface area contributed by atoms with E-state index in [1.165, 1.54) is 7.05 Å². The lowest BCUT2D eigenvalue weighted by Crippen LogP contribution is -2.31. The van der Waals surface area contributed by atoms with E-state index < -0.39 is 18.6 Å². The predicted octanol–water partition coefficient (Wildman–Crippen LogP) is -1.48. The zero-order chi connectivity index (χ0) is 9.84. The molecule has 0 radical (unpaired) electrons. The van der Waals surface area contributed by atoms with Crippen LogP contribution in [0.25, 0.3) is 0 Å². The molecule has 2 N–H and O–H groups in total. The Morgan fingerprint density at radius 1 is 1.92 bits per heavy atom. The smallest absolute Gasteiger partial charge is 0.387 e. The van der Waals surface area contributed by atoms with Crippen molar-refractivity contribution in [3.63, 3.8) is 0 Å². The Labute approximate surface area is 72.2 Å². The van der Waals surface area contributed by atoms with E-state index in [-0.39, 0.29) is 10.6 Å². The molecule has 0 fully saturated rings. The van der Waals surface area contributed by atoms with Crippen molar-refractivity contribution in [2.45, 2.75) is 6.61 Å². The summed E-state index contributed by atoms with van der Waals surface area (Å²) in [6.45, 7) is -0.551. The van der Waals surface area contributed by atoms with Crippen molar-refractivity contribution in [3.05, 3.63) is 10.9 Å². The monoisotopic (exact) mass is 189 g/mol. The lowest BCUT2D eigenvalue weighted by Gasteiger charge is -1.98. The minimum absolute atomic E-state index is 0.110. The van der Waals surface area contributed by atoms with Crippen molar-refractivity contribution in [2.75, 3.05) is 7.05 Å². The molecule has 1 aromatic heterocycles. The van der Waals surface area contributed by atoms with Gasteiger partial charge < -0.3 is 20.4 Å². The molecular formula is C5H7N3O5. The Hall–Kier alpha value is -1.83. The van der Waals surface area contributed by atoms with E-state index in [0.29, 0.717) is 0 Å². The van der Waals surface area contributed by atoms with Gasteiger partial charge in [-0.2, -0.15) is 0 Å². The summed E-state index contributed by atoms with van der Waals surface area (Å²) in [7, 11) is 1.32. The first-order valence-corrected chi connectivity index (χ1v) is 3.28. The van der Waals surface area contributed by atoms with Crippen LogP contribution in [0, 0.1) is 5.21 Å². The first-order valence-electron chi connectivity index (χ1n) is 3.28. The number of amides is 1. The number of hydrogen-bond acceptors (Lipinski definition) is 6. The molecule has 72 valence electrons. The van der Waals surface area contributed by atoms with Gasteiger partial charge in [-0.05, 0) is 4.90 Å². The summed E-state index contributed by atoms with van der Waals surface area (Å²) in [5.41, 5.74) is -0.140. The van der Waals surface area contributed by atoms with Gasteiger partial charge in [0, 0.05) is 12.2 Å². The second-order valence-electron chi connectivity index (χ2n) is 1.98. The Morgan fingerprint density at radius 3 is 3.15 bits per heavy atom. The van der Waals surface area contributed by atoms with E-state index in [1.54, 1.807) is 0 Å². The summed E-state index contributed by atoms with van der Waals surface area (Å²) in [5, 5.41) is 24.6. The lowest BCUT2D eigenvalue weighted by molar-refractivity contribution is -0.804. The largest absolute Gasteiger partial charge is 0.415 e. The fraction of sp³-hybridized carbons (Fsp3) is 0.400. The molecule has 0 atom stereocenters. The predicted molar refractivity (Wildman–Crippen MR) is 36.5 cm³/mol. The average molecular weight is 189 g/mol.